The van der Waals surface area contributed by atoms with E-state index in [0.29, 0.717) is 12.0 Å². The van der Waals surface area contributed by atoms with Gasteiger partial charge in [-0.25, -0.2) is 0 Å². The largest absolute Gasteiger partial charge is 0.396 e. The molecule has 11 heavy (non-hydrogen) atoms. The van der Waals surface area contributed by atoms with E-state index in [0.717, 1.165) is 13.0 Å². The van der Waals surface area contributed by atoms with Gasteiger partial charge in [0.15, 0.2) is 0 Å². The van der Waals surface area contributed by atoms with Gasteiger partial charge in [0.05, 0.1) is 0 Å². The lowest BCUT2D eigenvalue weighted by molar-refractivity contribution is -0.129. The molecule has 2 unspecified atom stereocenters. The Balaban J connectivity index is 2.51. The number of nitrogens with zero attached hydrogens (tertiary/aromatic N) is 1. The second-order valence-electron chi connectivity index (χ2n) is 3.30. The number of amides is 1. The van der Waals surface area contributed by atoms with E-state index in [1.54, 1.807) is 6.92 Å². The van der Waals surface area contributed by atoms with Crippen molar-refractivity contribution in [3.8, 4) is 0 Å². The van der Waals surface area contributed by atoms with Gasteiger partial charge in [0.1, 0.15) is 0 Å². The Kier molecular flexibility index (Phi) is 2.49. The second kappa shape index (κ2) is 3.22. The zero-order chi connectivity index (χ0) is 8.43. The number of aliphatic hydroxyl groups is 1. The van der Waals surface area contributed by atoms with Crippen LogP contribution in [-0.4, -0.2) is 35.1 Å². The van der Waals surface area contributed by atoms with Crippen molar-refractivity contribution < 1.29 is 9.90 Å². The highest BCUT2D eigenvalue weighted by molar-refractivity contribution is 5.73. The Bertz CT molecular complexity index is 158. The molecule has 0 radical (unpaired) electrons. The lowest BCUT2D eigenvalue weighted by atomic mass is 10.1. The van der Waals surface area contributed by atoms with Gasteiger partial charge in [0.25, 0.3) is 0 Å². The molecule has 1 aliphatic rings. The maximum atomic E-state index is 11.0. The van der Waals surface area contributed by atoms with Crippen molar-refractivity contribution in [2.75, 3.05) is 13.2 Å². The summed E-state index contributed by atoms with van der Waals surface area (Å²) in [4.78, 5) is 12.8. The van der Waals surface area contributed by atoms with Crippen LogP contribution in [0.25, 0.3) is 0 Å². The quantitative estimate of drug-likeness (QED) is 0.592. The predicted molar refractivity (Wildman–Crippen MR) is 42.0 cm³/mol. The topological polar surface area (TPSA) is 40.5 Å². The molecule has 0 saturated carbocycles. The number of aliphatic hydroxyl groups excluding tert-OH is 1. The minimum absolute atomic E-state index is 0.119. The summed E-state index contributed by atoms with van der Waals surface area (Å²) >= 11 is 0. The summed E-state index contributed by atoms with van der Waals surface area (Å²) in [7, 11) is 0. The first-order valence-corrected chi connectivity index (χ1v) is 4.03. The van der Waals surface area contributed by atoms with E-state index >= 15 is 0 Å². The normalized spacial score (nSPS) is 31.0. The first kappa shape index (κ1) is 8.53. The van der Waals surface area contributed by atoms with Crippen LogP contribution in [0.4, 0.5) is 0 Å². The van der Waals surface area contributed by atoms with Crippen LogP contribution in [0.2, 0.25) is 0 Å². The van der Waals surface area contributed by atoms with Crippen molar-refractivity contribution in [3.05, 3.63) is 0 Å². The average molecular weight is 157 g/mol. The number of rotatable bonds is 1. The molecule has 0 spiro atoms. The molecule has 0 aromatic heterocycles. The predicted octanol–water partition coefficient (Wildman–Crippen LogP) is 0.236. The number of likely N-dealkylation sites (tertiary alicyclic amines) is 1. The third-order valence-electron chi connectivity index (χ3n) is 2.32. The molecule has 3 heteroatoms. The monoisotopic (exact) mass is 157 g/mol. The Labute approximate surface area is 67.0 Å². The van der Waals surface area contributed by atoms with Crippen LogP contribution >= 0.6 is 0 Å². The number of carbonyl (C=O) groups excluding carboxylic acids is 1. The Hall–Kier alpha value is -0.570. The molecular weight excluding hydrogens is 142 g/mol. The van der Waals surface area contributed by atoms with E-state index in [1.807, 2.05) is 11.8 Å². The summed E-state index contributed by atoms with van der Waals surface area (Å²) in [5.41, 5.74) is 0. The maximum Gasteiger partial charge on any atom is 0.219 e. The van der Waals surface area contributed by atoms with E-state index < -0.39 is 0 Å². The van der Waals surface area contributed by atoms with E-state index in [-0.39, 0.29) is 12.5 Å². The summed E-state index contributed by atoms with van der Waals surface area (Å²) < 4.78 is 0. The maximum absolute atomic E-state index is 11.0. The molecule has 1 saturated heterocycles. The summed E-state index contributed by atoms with van der Waals surface area (Å²) in [6, 6.07) is 0.310. The summed E-state index contributed by atoms with van der Waals surface area (Å²) in [5.74, 6) is 0.419. The third-order valence-corrected chi connectivity index (χ3v) is 2.32. The summed E-state index contributed by atoms with van der Waals surface area (Å²) in [6.07, 6.45) is 0.941. The van der Waals surface area contributed by atoms with Gasteiger partial charge in [-0.3, -0.25) is 4.79 Å². The number of hydrogen-bond acceptors (Lipinski definition) is 2. The highest BCUT2D eigenvalue weighted by Crippen LogP contribution is 2.21. The van der Waals surface area contributed by atoms with Crippen molar-refractivity contribution >= 4 is 5.91 Å². The smallest absolute Gasteiger partial charge is 0.219 e. The fourth-order valence-corrected chi connectivity index (χ4v) is 1.71. The molecule has 1 rings (SSSR count). The van der Waals surface area contributed by atoms with E-state index in [2.05, 4.69) is 0 Å². The Morgan fingerprint density at radius 1 is 1.73 bits per heavy atom. The molecule has 1 fully saturated rings. The Morgan fingerprint density at radius 3 is 2.64 bits per heavy atom. The SMILES string of the molecule is CC(=O)N1CC(CO)CC1C. The van der Waals surface area contributed by atoms with Gasteiger partial charge in [0, 0.05) is 32.0 Å². The molecule has 0 aromatic rings. The van der Waals surface area contributed by atoms with Crippen LogP contribution in [0.15, 0.2) is 0 Å². The molecule has 0 aliphatic carbocycles. The van der Waals surface area contributed by atoms with Crippen LogP contribution in [-0.2, 0) is 4.79 Å². The summed E-state index contributed by atoms with van der Waals surface area (Å²) in [6.45, 7) is 4.54. The molecule has 1 amide bonds. The van der Waals surface area contributed by atoms with Crippen LogP contribution < -0.4 is 0 Å². The molecule has 2 atom stereocenters. The van der Waals surface area contributed by atoms with Crippen LogP contribution in [0.5, 0.6) is 0 Å². The fraction of sp³-hybridized carbons (Fsp3) is 0.875. The highest BCUT2D eigenvalue weighted by atomic mass is 16.3. The molecule has 1 N–H and O–H groups in total. The molecule has 0 aromatic carbocycles. The van der Waals surface area contributed by atoms with Gasteiger partial charge >= 0.3 is 0 Å². The zero-order valence-corrected chi connectivity index (χ0v) is 7.08. The van der Waals surface area contributed by atoms with Gasteiger partial charge < -0.3 is 10.0 Å². The molecular formula is C8H15NO2. The van der Waals surface area contributed by atoms with Crippen molar-refractivity contribution in [3.63, 3.8) is 0 Å². The Morgan fingerprint density at radius 2 is 2.36 bits per heavy atom. The number of carbonyl (C=O) groups is 1. The van der Waals surface area contributed by atoms with Gasteiger partial charge in [-0.1, -0.05) is 0 Å². The van der Waals surface area contributed by atoms with Crippen LogP contribution in [0.1, 0.15) is 20.3 Å². The number of hydrogen-bond donors (Lipinski definition) is 1. The average Bonchev–Trinajstić information content (AvgIpc) is 2.30. The lowest BCUT2D eigenvalue weighted by Crippen LogP contribution is -2.31. The van der Waals surface area contributed by atoms with Crippen molar-refractivity contribution in [1.29, 1.82) is 0 Å². The zero-order valence-electron chi connectivity index (χ0n) is 7.08. The second-order valence-corrected chi connectivity index (χ2v) is 3.30. The van der Waals surface area contributed by atoms with Crippen molar-refractivity contribution in [2.45, 2.75) is 26.3 Å². The van der Waals surface area contributed by atoms with E-state index in [4.69, 9.17) is 5.11 Å². The van der Waals surface area contributed by atoms with Crippen LogP contribution in [0.3, 0.4) is 0 Å². The minimum Gasteiger partial charge on any atom is -0.396 e. The van der Waals surface area contributed by atoms with Crippen molar-refractivity contribution in [2.24, 2.45) is 5.92 Å². The van der Waals surface area contributed by atoms with Crippen molar-refractivity contribution in [1.82, 2.24) is 4.90 Å². The molecule has 1 aliphatic heterocycles. The molecule has 64 valence electrons. The van der Waals surface area contributed by atoms with E-state index in [9.17, 15) is 4.79 Å². The molecule has 3 nitrogen and oxygen atoms in total. The highest BCUT2D eigenvalue weighted by Gasteiger charge is 2.29. The fourth-order valence-electron chi connectivity index (χ4n) is 1.71. The van der Waals surface area contributed by atoms with Gasteiger partial charge in [-0.05, 0) is 13.3 Å². The minimum atomic E-state index is 0.119. The van der Waals surface area contributed by atoms with Gasteiger partial charge in [-0.2, -0.15) is 0 Å². The third kappa shape index (κ3) is 1.71. The standard InChI is InChI=1S/C8H15NO2/c1-6-3-8(5-10)4-9(6)7(2)11/h6,8,10H,3-5H2,1-2H3. The van der Waals surface area contributed by atoms with Gasteiger partial charge in [0.2, 0.25) is 5.91 Å². The lowest BCUT2D eigenvalue weighted by Gasteiger charge is -2.18. The van der Waals surface area contributed by atoms with Gasteiger partial charge in [-0.15, -0.1) is 0 Å². The first-order chi connectivity index (χ1) is 5.15. The summed E-state index contributed by atoms with van der Waals surface area (Å²) in [5, 5.41) is 8.85. The van der Waals surface area contributed by atoms with E-state index in [1.165, 1.54) is 0 Å². The molecule has 1 heterocycles. The molecule has 0 bridgehead atoms. The van der Waals surface area contributed by atoms with Crippen LogP contribution in [0, 0.1) is 5.92 Å². The first-order valence-electron chi connectivity index (χ1n) is 4.03.